The fourth-order valence-electron chi connectivity index (χ4n) is 2.27. The molecule has 1 heterocycles. The Morgan fingerprint density at radius 3 is 2.94 bits per heavy atom. The normalized spacial score (nSPS) is 21.8. The van der Waals surface area contributed by atoms with Gasteiger partial charge in [-0.25, -0.2) is 0 Å². The van der Waals surface area contributed by atoms with Gasteiger partial charge in [-0.05, 0) is 26.3 Å². The van der Waals surface area contributed by atoms with Crippen LogP contribution in [0.15, 0.2) is 0 Å². The first-order chi connectivity index (χ1) is 8.17. The summed E-state index contributed by atoms with van der Waals surface area (Å²) in [5, 5.41) is 12.5. The average molecular weight is 244 g/mol. The second-order valence-electron chi connectivity index (χ2n) is 4.64. The van der Waals surface area contributed by atoms with Crippen molar-refractivity contribution in [2.45, 2.75) is 38.3 Å². The highest BCUT2D eigenvalue weighted by Crippen LogP contribution is 2.11. The van der Waals surface area contributed by atoms with Crippen LogP contribution < -0.4 is 5.32 Å². The lowest BCUT2D eigenvalue weighted by Crippen LogP contribution is -2.44. The van der Waals surface area contributed by atoms with Crippen molar-refractivity contribution in [3.05, 3.63) is 0 Å². The second-order valence-corrected chi connectivity index (χ2v) is 4.64. The van der Waals surface area contributed by atoms with Gasteiger partial charge in [0.25, 0.3) is 0 Å². The van der Waals surface area contributed by atoms with E-state index in [1.807, 2.05) is 6.92 Å². The lowest BCUT2D eigenvalue weighted by Gasteiger charge is -2.30. The van der Waals surface area contributed by atoms with Crippen LogP contribution in [-0.2, 0) is 9.53 Å². The Bertz CT molecular complexity index is 230. The van der Waals surface area contributed by atoms with Gasteiger partial charge in [-0.2, -0.15) is 0 Å². The highest BCUT2D eigenvalue weighted by atomic mass is 16.5. The molecule has 2 unspecified atom stereocenters. The van der Waals surface area contributed by atoms with Crippen molar-refractivity contribution < 1.29 is 14.6 Å². The van der Waals surface area contributed by atoms with Gasteiger partial charge in [-0.3, -0.25) is 9.69 Å². The van der Waals surface area contributed by atoms with Crippen LogP contribution in [0.4, 0.5) is 0 Å². The van der Waals surface area contributed by atoms with Gasteiger partial charge in [0.1, 0.15) is 0 Å². The molecule has 2 atom stereocenters. The van der Waals surface area contributed by atoms with Crippen LogP contribution in [0.25, 0.3) is 0 Å². The third kappa shape index (κ3) is 5.02. The summed E-state index contributed by atoms with van der Waals surface area (Å²) in [5.74, 6) is -0.195. The van der Waals surface area contributed by atoms with E-state index in [-0.39, 0.29) is 18.6 Å². The standard InChI is InChI=1S/C12H24N2O3/c1-10(8-12(16)17-2)14(6-7-15)9-11-4-3-5-13-11/h10-11,13,15H,3-9H2,1-2H3. The molecule has 0 spiro atoms. The van der Waals surface area contributed by atoms with Gasteiger partial charge >= 0.3 is 5.97 Å². The van der Waals surface area contributed by atoms with Crippen molar-refractivity contribution in [1.29, 1.82) is 0 Å². The average Bonchev–Trinajstić information content (AvgIpc) is 2.81. The summed E-state index contributed by atoms with van der Waals surface area (Å²) in [6.07, 6.45) is 2.76. The minimum Gasteiger partial charge on any atom is -0.469 e. The SMILES string of the molecule is COC(=O)CC(C)N(CCO)CC1CCCN1. The first-order valence-corrected chi connectivity index (χ1v) is 6.32. The minimum absolute atomic E-state index is 0.108. The summed E-state index contributed by atoms with van der Waals surface area (Å²) in [7, 11) is 1.41. The molecule has 17 heavy (non-hydrogen) atoms. The van der Waals surface area contributed by atoms with E-state index in [0.717, 1.165) is 13.1 Å². The van der Waals surface area contributed by atoms with Crippen molar-refractivity contribution in [2.75, 3.05) is 33.4 Å². The van der Waals surface area contributed by atoms with Crippen molar-refractivity contribution >= 4 is 5.97 Å². The molecule has 1 fully saturated rings. The summed E-state index contributed by atoms with van der Waals surface area (Å²) >= 11 is 0. The molecule has 1 aliphatic rings. The van der Waals surface area contributed by atoms with Crippen molar-refractivity contribution in [2.24, 2.45) is 0 Å². The number of nitrogens with zero attached hydrogens (tertiary/aromatic N) is 1. The zero-order valence-electron chi connectivity index (χ0n) is 10.8. The second kappa shape index (κ2) is 7.63. The molecular formula is C12H24N2O3. The lowest BCUT2D eigenvalue weighted by molar-refractivity contribution is -0.142. The van der Waals surface area contributed by atoms with Crippen molar-refractivity contribution in [1.82, 2.24) is 10.2 Å². The highest BCUT2D eigenvalue weighted by Gasteiger charge is 2.22. The number of carbonyl (C=O) groups excluding carboxylic acids is 1. The molecular weight excluding hydrogens is 220 g/mol. The number of aliphatic hydroxyl groups excluding tert-OH is 1. The van der Waals surface area contributed by atoms with E-state index in [0.29, 0.717) is 19.0 Å². The van der Waals surface area contributed by atoms with Crippen LogP contribution >= 0.6 is 0 Å². The molecule has 0 aromatic heterocycles. The van der Waals surface area contributed by atoms with E-state index < -0.39 is 0 Å². The largest absolute Gasteiger partial charge is 0.469 e. The molecule has 1 rings (SSSR count). The molecule has 0 aliphatic carbocycles. The molecule has 0 aromatic rings. The van der Waals surface area contributed by atoms with E-state index in [1.54, 1.807) is 0 Å². The number of methoxy groups -OCH3 is 1. The van der Waals surface area contributed by atoms with Gasteiger partial charge in [0, 0.05) is 25.2 Å². The van der Waals surface area contributed by atoms with Gasteiger partial charge in [0.2, 0.25) is 0 Å². The van der Waals surface area contributed by atoms with Gasteiger partial charge in [0.05, 0.1) is 20.1 Å². The summed E-state index contributed by atoms with van der Waals surface area (Å²) in [6, 6.07) is 0.596. The van der Waals surface area contributed by atoms with Crippen molar-refractivity contribution in [3.63, 3.8) is 0 Å². The lowest BCUT2D eigenvalue weighted by atomic mass is 10.1. The fourth-order valence-corrected chi connectivity index (χ4v) is 2.27. The Hall–Kier alpha value is -0.650. The molecule has 0 aromatic carbocycles. The predicted octanol–water partition coefficient (Wildman–Crippen LogP) is -0.0157. The minimum atomic E-state index is -0.195. The third-order valence-electron chi connectivity index (χ3n) is 3.32. The summed E-state index contributed by atoms with van der Waals surface area (Å²) in [4.78, 5) is 13.4. The maximum atomic E-state index is 11.2. The van der Waals surface area contributed by atoms with E-state index in [9.17, 15) is 4.79 Å². The number of nitrogens with one attached hydrogen (secondary N) is 1. The van der Waals surface area contributed by atoms with Crippen LogP contribution in [-0.4, -0.2) is 61.4 Å². The van der Waals surface area contributed by atoms with Crippen LogP contribution in [0.2, 0.25) is 0 Å². The molecule has 5 nitrogen and oxygen atoms in total. The van der Waals surface area contributed by atoms with Gasteiger partial charge in [0.15, 0.2) is 0 Å². The van der Waals surface area contributed by atoms with E-state index >= 15 is 0 Å². The molecule has 1 aliphatic heterocycles. The first kappa shape index (κ1) is 14.4. The summed E-state index contributed by atoms with van der Waals surface area (Å²) in [5.41, 5.74) is 0. The molecule has 0 saturated carbocycles. The molecule has 0 amide bonds. The number of carbonyl (C=O) groups is 1. The zero-order valence-corrected chi connectivity index (χ0v) is 10.8. The topological polar surface area (TPSA) is 61.8 Å². The number of rotatable bonds is 7. The third-order valence-corrected chi connectivity index (χ3v) is 3.32. The fraction of sp³-hybridized carbons (Fsp3) is 0.917. The molecule has 0 radical (unpaired) electrons. The quantitative estimate of drug-likeness (QED) is 0.617. The Morgan fingerprint density at radius 2 is 2.41 bits per heavy atom. The molecule has 1 saturated heterocycles. The number of ether oxygens (including phenoxy) is 1. The van der Waals surface area contributed by atoms with Crippen LogP contribution in [0.5, 0.6) is 0 Å². The van der Waals surface area contributed by atoms with E-state index in [4.69, 9.17) is 5.11 Å². The van der Waals surface area contributed by atoms with Crippen LogP contribution in [0.3, 0.4) is 0 Å². The summed E-state index contributed by atoms with van der Waals surface area (Å²) in [6.45, 7) is 4.69. The van der Waals surface area contributed by atoms with Gasteiger partial charge in [-0.1, -0.05) is 0 Å². The zero-order chi connectivity index (χ0) is 12.7. The smallest absolute Gasteiger partial charge is 0.307 e. The predicted molar refractivity (Wildman–Crippen MR) is 65.8 cm³/mol. The van der Waals surface area contributed by atoms with Crippen LogP contribution in [0.1, 0.15) is 26.2 Å². The molecule has 0 bridgehead atoms. The monoisotopic (exact) mass is 244 g/mol. The number of hydrogen-bond donors (Lipinski definition) is 2. The summed E-state index contributed by atoms with van der Waals surface area (Å²) < 4.78 is 4.68. The van der Waals surface area contributed by atoms with Crippen molar-refractivity contribution in [3.8, 4) is 0 Å². The maximum absolute atomic E-state index is 11.2. The number of esters is 1. The van der Waals surface area contributed by atoms with Gasteiger partial charge in [-0.15, -0.1) is 0 Å². The number of hydrogen-bond acceptors (Lipinski definition) is 5. The Balaban J connectivity index is 2.41. The Kier molecular flexibility index (Phi) is 6.47. The van der Waals surface area contributed by atoms with Crippen LogP contribution in [0, 0.1) is 0 Å². The number of aliphatic hydroxyl groups is 1. The maximum Gasteiger partial charge on any atom is 0.307 e. The highest BCUT2D eigenvalue weighted by molar-refractivity contribution is 5.69. The van der Waals surface area contributed by atoms with E-state index in [2.05, 4.69) is 15.0 Å². The van der Waals surface area contributed by atoms with E-state index in [1.165, 1.54) is 20.0 Å². The first-order valence-electron chi connectivity index (χ1n) is 6.32. The molecule has 5 heteroatoms. The molecule has 100 valence electrons. The Morgan fingerprint density at radius 1 is 1.65 bits per heavy atom. The van der Waals surface area contributed by atoms with Gasteiger partial charge < -0.3 is 15.2 Å². The molecule has 2 N–H and O–H groups in total. The Labute approximate surface area is 103 Å².